The molecule has 0 amide bonds. The summed E-state index contributed by atoms with van der Waals surface area (Å²) in [5, 5.41) is 7.89. The Labute approximate surface area is 52.1 Å². The number of hydrogen-bond acceptors (Lipinski definition) is 3. The molecule has 0 radical (unpaired) electrons. The molecule has 0 saturated heterocycles. The van der Waals surface area contributed by atoms with Crippen LogP contribution in [0.15, 0.2) is 12.3 Å². The molecule has 0 rings (SSSR count). The second kappa shape index (κ2) is 3.78. The van der Waals surface area contributed by atoms with Crippen LogP contribution >= 0.6 is 0 Å². The van der Waals surface area contributed by atoms with Crippen molar-refractivity contribution in [1.29, 1.82) is 0 Å². The third-order valence-corrected chi connectivity index (χ3v) is 0.717. The van der Waals surface area contributed by atoms with E-state index in [1.807, 2.05) is 0 Å². The highest BCUT2D eigenvalue weighted by molar-refractivity contribution is 6.24. The Morgan fingerprint density at radius 1 is 1.67 bits per heavy atom. The van der Waals surface area contributed by atoms with Gasteiger partial charge in [0, 0.05) is 0 Å². The normalized spacial score (nSPS) is 9.33. The van der Waals surface area contributed by atoms with E-state index in [1.165, 1.54) is 0 Å². The molecule has 0 heterocycles. The average molecular weight is 148 g/mol. The molecule has 0 fully saturated rings. The zero-order valence-electron chi connectivity index (χ0n) is 4.27. The van der Waals surface area contributed by atoms with Crippen molar-refractivity contribution in [2.24, 2.45) is 0 Å². The molecule has 6 heteroatoms. The van der Waals surface area contributed by atoms with Crippen molar-refractivity contribution in [3.05, 3.63) is 12.3 Å². The molecule has 2 N–H and O–H groups in total. The molecule has 0 aromatic heterocycles. The maximum Gasteiger partial charge on any atom is 0.769 e. The van der Waals surface area contributed by atoms with E-state index >= 15 is 0 Å². The summed E-state index contributed by atoms with van der Waals surface area (Å²) in [6.45, 7) is 0. The molecule has 0 atom stereocenters. The molecule has 0 saturated carbocycles. The van der Waals surface area contributed by atoms with E-state index in [4.69, 9.17) is 9.90 Å². The van der Waals surface area contributed by atoms with Gasteiger partial charge in [0.25, 0.3) is 0 Å². The van der Waals surface area contributed by atoms with Crippen LogP contribution in [0.2, 0.25) is 0 Å². The van der Waals surface area contributed by atoms with Crippen molar-refractivity contribution >= 4 is 15.1 Å². The predicted molar refractivity (Wildman–Crippen MR) is 26.5 cm³/mol. The summed E-state index contributed by atoms with van der Waals surface area (Å²) >= 11 is 0. The van der Waals surface area contributed by atoms with Crippen molar-refractivity contribution in [3.63, 3.8) is 0 Å². The van der Waals surface area contributed by atoms with Crippen molar-refractivity contribution in [2.45, 2.75) is 0 Å². The van der Waals surface area contributed by atoms with Crippen LogP contribution in [0.3, 0.4) is 0 Å². The average Bonchev–Trinajstić information content (AvgIpc) is 1.63. The Bertz CT molecular complexity index is 150. The minimum atomic E-state index is -3.03. The molecule has 9 heavy (non-hydrogen) atoms. The number of carboxylic acid groups (broad SMARTS) is 1. The van der Waals surface area contributed by atoms with Crippen molar-refractivity contribution in [1.82, 2.24) is 0 Å². The lowest BCUT2D eigenvalue weighted by molar-refractivity contribution is -0.131. The largest absolute Gasteiger partial charge is 0.769 e. The van der Waals surface area contributed by atoms with Gasteiger partial charge in [0.05, 0.1) is 12.3 Å². The first-order valence-electron chi connectivity index (χ1n) is 1.92. The maximum absolute atomic E-state index is 9.70. The van der Waals surface area contributed by atoms with Gasteiger partial charge in [-0.25, -0.2) is 4.79 Å². The predicted octanol–water partition coefficient (Wildman–Crippen LogP) is -0.991. The highest BCUT2D eigenvalue weighted by Gasteiger charge is 1.98. The number of aliphatic carboxylic acids is 1. The fraction of sp³-hybridized carbons (Fsp3) is 0. The van der Waals surface area contributed by atoms with Gasteiger partial charge in [-0.3, -0.25) is 4.46 Å². The van der Waals surface area contributed by atoms with E-state index in [-0.39, 0.29) is 0 Å². The monoisotopic (exact) mass is 148 g/mol. The highest BCUT2D eigenvalue weighted by atomic mass is 28.3. The zero-order valence-corrected chi connectivity index (χ0v) is 5.27. The Kier molecular flexibility index (Phi) is 3.29. The number of carboxylic acids is 1. The molecular formula is C3H4O5Si. The molecule has 0 aliphatic rings. The number of rotatable bonds is 3. The van der Waals surface area contributed by atoms with Crippen molar-refractivity contribution in [2.75, 3.05) is 0 Å². The van der Waals surface area contributed by atoms with Crippen LogP contribution in [0, 0.1) is 0 Å². The van der Waals surface area contributed by atoms with E-state index < -0.39 is 15.1 Å². The lowest BCUT2D eigenvalue weighted by atomic mass is 10.7. The van der Waals surface area contributed by atoms with Gasteiger partial charge in [-0.05, 0) is 0 Å². The smallest absolute Gasteiger partial charge is 0.511 e. The molecule has 5 nitrogen and oxygen atoms in total. The quantitative estimate of drug-likeness (QED) is 0.305. The summed E-state index contributed by atoms with van der Waals surface area (Å²) in [4.78, 5) is 17.6. The van der Waals surface area contributed by atoms with Gasteiger partial charge in [-0.2, -0.15) is 0 Å². The molecule has 50 valence electrons. The molecule has 0 aliphatic heterocycles. The lowest BCUT2D eigenvalue weighted by Crippen LogP contribution is -1.99. The van der Waals surface area contributed by atoms with Gasteiger partial charge in [0.15, 0.2) is 0 Å². The Hall–Kier alpha value is -1.17. The first kappa shape index (κ1) is 7.83. The SMILES string of the molecule is O=C(O)C=CO[Si](=O)O. The molecule has 0 aromatic rings. The second-order valence-electron chi connectivity index (χ2n) is 1.02. The van der Waals surface area contributed by atoms with E-state index in [0.29, 0.717) is 12.3 Å². The van der Waals surface area contributed by atoms with Crippen LogP contribution in [-0.2, 0) is 13.7 Å². The number of hydrogen-bond donors (Lipinski definition) is 2. The molecular weight excluding hydrogens is 144 g/mol. The third kappa shape index (κ3) is 6.83. The van der Waals surface area contributed by atoms with Gasteiger partial charge in [-0.1, -0.05) is 0 Å². The zero-order chi connectivity index (χ0) is 7.28. The first-order valence-corrected chi connectivity index (χ1v) is 3.18. The van der Waals surface area contributed by atoms with Gasteiger partial charge in [0.2, 0.25) is 0 Å². The summed E-state index contributed by atoms with van der Waals surface area (Å²) in [5.74, 6) is -1.22. The van der Waals surface area contributed by atoms with Gasteiger partial charge < -0.3 is 14.3 Å². The van der Waals surface area contributed by atoms with Crippen LogP contribution in [0.4, 0.5) is 0 Å². The number of carbonyl (C=O) groups is 1. The van der Waals surface area contributed by atoms with Crippen LogP contribution < -0.4 is 0 Å². The summed E-state index contributed by atoms with van der Waals surface area (Å²) in [5.41, 5.74) is 0. The lowest BCUT2D eigenvalue weighted by Gasteiger charge is -1.83. The summed E-state index contributed by atoms with van der Waals surface area (Å²) in [7, 11) is -3.03. The van der Waals surface area contributed by atoms with Crippen LogP contribution in [0.25, 0.3) is 0 Å². The molecule has 0 unspecified atom stereocenters. The molecule has 0 aliphatic carbocycles. The van der Waals surface area contributed by atoms with Gasteiger partial charge in [-0.15, -0.1) is 0 Å². The van der Waals surface area contributed by atoms with Crippen LogP contribution in [0.5, 0.6) is 0 Å². The minimum Gasteiger partial charge on any atom is -0.511 e. The van der Waals surface area contributed by atoms with Crippen molar-refractivity contribution < 1.29 is 23.6 Å². The van der Waals surface area contributed by atoms with E-state index in [1.54, 1.807) is 0 Å². The van der Waals surface area contributed by atoms with E-state index in [9.17, 15) is 9.26 Å². The topological polar surface area (TPSA) is 83.8 Å². The molecule has 0 aromatic carbocycles. The van der Waals surface area contributed by atoms with Crippen molar-refractivity contribution in [3.8, 4) is 0 Å². The van der Waals surface area contributed by atoms with Gasteiger partial charge in [0.1, 0.15) is 0 Å². The van der Waals surface area contributed by atoms with Crippen LogP contribution in [0.1, 0.15) is 0 Å². The Morgan fingerprint density at radius 3 is 2.56 bits per heavy atom. The minimum absolute atomic E-state index is 0.624. The van der Waals surface area contributed by atoms with Crippen LogP contribution in [-0.4, -0.2) is 25.0 Å². The Balaban J connectivity index is 3.48. The highest BCUT2D eigenvalue weighted by Crippen LogP contribution is 1.74. The molecule has 0 bridgehead atoms. The summed E-state index contributed by atoms with van der Waals surface area (Å²) in [6.07, 6.45) is 1.28. The second-order valence-corrected chi connectivity index (χ2v) is 1.79. The summed E-state index contributed by atoms with van der Waals surface area (Å²) < 4.78 is 13.6. The fourth-order valence-electron chi connectivity index (χ4n) is 0.150. The maximum atomic E-state index is 9.70. The Morgan fingerprint density at radius 2 is 2.22 bits per heavy atom. The first-order chi connectivity index (χ1) is 4.13. The van der Waals surface area contributed by atoms with Gasteiger partial charge >= 0.3 is 15.1 Å². The summed E-state index contributed by atoms with van der Waals surface area (Å²) in [6, 6.07) is 0. The standard InChI is InChI=1S/C3H4O5Si/c4-3(5)1-2-8-9(6)7/h1-2,6H,(H,4,5). The molecule has 0 spiro atoms. The van der Waals surface area contributed by atoms with E-state index in [2.05, 4.69) is 4.43 Å². The fourth-order valence-corrected chi connectivity index (χ4v) is 0.335. The van der Waals surface area contributed by atoms with E-state index in [0.717, 1.165) is 0 Å². The third-order valence-electron chi connectivity index (χ3n) is 0.379.